The lowest BCUT2D eigenvalue weighted by atomic mass is 9.85. The fourth-order valence-electron chi connectivity index (χ4n) is 6.16. The molecule has 4 aromatic carbocycles. The number of hydrogen-bond donors (Lipinski definition) is 0. The molecule has 2 heteroatoms. The van der Waals surface area contributed by atoms with Crippen molar-refractivity contribution in [2.75, 3.05) is 11.4 Å². The molecule has 0 aromatic heterocycles. The molecular formula is C29H24N2. The maximum absolute atomic E-state index is 2.72. The molecule has 3 aliphatic rings. The van der Waals surface area contributed by atoms with E-state index in [1.165, 1.54) is 33.5 Å². The Kier molecular flexibility index (Phi) is 3.53. The van der Waals surface area contributed by atoms with Gasteiger partial charge in [-0.3, -0.25) is 4.90 Å². The summed E-state index contributed by atoms with van der Waals surface area (Å²) in [4.78, 5) is 5.44. The van der Waals surface area contributed by atoms with Crippen molar-refractivity contribution in [3.8, 4) is 0 Å². The molecule has 0 amide bonds. The zero-order valence-electron chi connectivity index (χ0n) is 17.4. The van der Waals surface area contributed by atoms with Crippen molar-refractivity contribution in [1.29, 1.82) is 0 Å². The topological polar surface area (TPSA) is 6.25 Å². The second-order valence-corrected chi connectivity index (χ2v) is 9.02. The highest BCUT2D eigenvalue weighted by atomic mass is 15.6. The average Bonchev–Trinajstić information content (AvgIpc) is 3.53. The normalized spacial score (nSPS) is 27.5. The molecule has 4 aromatic rings. The molecule has 2 saturated heterocycles. The predicted octanol–water partition coefficient (Wildman–Crippen LogP) is 6.06. The van der Waals surface area contributed by atoms with Crippen molar-refractivity contribution >= 4 is 5.69 Å². The highest BCUT2D eigenvalue weighted by Crippen LogP contribution is 2.67. The fourth-order valence-corrected chi connectivity index (χ4v) is 6.16. The molecule has 0 aliphatic carbocycles. The van der Waals surface area contributed by atoms with Crippen LogP contribution in [-0.4, -0.2) is 11.4 Å². The van der Waals surface area contributed by atoms with E-state index in [2.05, 4.69) is 119 Å². The molecule has 0 bridgehead atoms. The van der Waals surface area contributed by atoms with Crippen LogP contribution in [0.25, 0.3) is 0 Å². The van der Waals surface area contributed by atoms with E-state index in [0.717, 1.165) is 13.0 Å². The summed E-state index contributed by atoms with van der Waals surface area (Å²) < 4.78 is 0. The van der Waals surface area contributed by atoms with E-state index >= 15 is 0 Å². The number of fused-ring (bicyclic) bond motifs is 7. The number of nitrogens with zero attached hydrogens (tertiary/aromatic N) is 2. The highest BCUT2D eigenvalue weighted by Gasteiger charge is 2.70. The quantitative estimate of drug-likeness (QED) is 0.377. The Morgan fingerprint density at radius 2 is 1.29 bits per heavy atom. The first kappa shape index (κ1) is 17.3. The third-order valence-corrected chi connectivity index (χ3v) is 7.48. The summed E-state index contributed by atoms with van der Waals surface area (Å²) in [5, 5.41) is 0. The van der Waals surface area contributed by atoms with Crippen LogP contribution in [0.15, 0.2) is 109 Å². The summed E-state index contributed by atoms with van der Waals surface area (Å²) in [6.07, 6.45) is 1.25. The number of anilines is 1. The monoisotopic (exact) mass is 400 g/mol. The summed E-state index contributed by atoms with van der Waals surface area (Å²) >= 11 is 0. The van der Waals surface area contributed by atoms with Crippen LogP contribution in [0, 0.1) is 0 Å². The molecule has 0 saturated carbocycles. The number of para-hydroxylation sites is 1. The van der Waals surface area contributed by atoms with E-state index in [1.807, 2.05) is 0 Å². The second-order valence-electron chi connectivity index (χ2n) is 9.02. The Balaban J connectivity index is 1.53. The molecule has 3 aliphatic heterocycles. The number of rotatable bonds is 2. The molecule has 0 spiro atoms. The van der Waals surface area contributed by atoms with Crippen LogP contribution < -0.4 is 4.90 Å². The van der Waals surface area contributed by atoms with Gasteiger partial charge in [-0.25, -0.2) is 0 Å². The first-order valence-corrected chi connectivity index (χ1v) is 11.2. The molecule has 0 radical (unpaired) electrons. The van der Waals surface area contributed by atoms with E-state index in [1.54, 1.807) is 0 Å². The van der Waals surface area contributed by atoms with Gasteiger partial charge in [0.15, 0.2) is 0 Å². The molecule has 1 unspecified atom stereocenters. The van der Waals surface area contributed by atoms with Gasteiger partial charge in [-0.15, -0.1) is 0 Å². The SMILES string of the molecule is c1ccc([C@H]2N3c4ccccc4Cc4ccccc4[C@H]3N3C[C@@]23c2ccccc2)cc1. The van der Waals surface area contributed by atoms with E-state index in [9.17, 15) is 0 Å². The molecule has 0 N–H and O–H groups in total. The lowest BCUT2D eigenvalue weighted by molar-refractivity contribution is 0.404. The highest BCUT2D eigenvalue weighted by molar-refractivity contribution is 5.66. The van der Waals surface area contributed by atoms with Crippen molar-refractivity contribution in [3.63, 3.8) is 0 Å². The van der Waals surface area contributed by atoms with Crippen LogP contribution in [-0.2, 0) is 12.0 Å². The van der Waals surface area contributed by atoms with Gasteiger partial charge in [0.25, 0.3) is 0 Å². The first-order valence-electron chi connectivity index (χ1n) is 11.2. The van der Waals surface area contributed by atoms with E-state index in [-0.39, 0.29) is 17.7 Å². The molecule has 4 atom stereocenters. The molecule has 150 valence electrons. The fraction of sp³-hybridized carbons (Fsp3) is 0.172. The maximum Gasteiger partial charge on any atom is 0.110 e. The van der Waals surface area contributed by atoms with Crippen LogP contribution in [0.5, 0.6) is 0 Å². The van der Waals surface area contributed by atoms with Gasteiger partial charge in [-0.2, -0.15) is 0 Å². The summed E-state index contributed by atoms with van der Waals surface area (Å²) in [6.45, 7) is 1.09. The minimum atomic E-state index is 0.00480. The molecule has 31 heavy (non-hydrogen) atoms. The Labute approximate surface area is 183 Å². The maximum atomic E-state index is 2.72. The van der Waals surface area contributed by atoms with Crippen molar-refractivity contribution in [2.24, 2.45) is 0 Å². The molecule has 7 rings (SSSR count). The van der Waals surface area contributed by atoms with E-state index in [4.69, 9.17) is 0 Å². The van der Waals surface area contributed by atoms with Gasteiger partial charge in [0.1, 0.15) is 6.17 Å². The third kappa shape index (κ3) is 2.31. The van der Waals surface area contributed by atoms with Gasteiger partial charge in [0.2, 0.25) is 0 Å². The molecule has 2 nitrogen and oxygen atoms in total. The van der Waals surface area contributed by atoms with Crippen molar-refractivity contribution < 1.29 is 0 Å². The summed E-state index contributed by atoms with van der Waals surface area (Å²) in [6, 6.07) is 40.6. The zero-order chi connectivity index (χ0) is 20.4. The van der Waals surface area contributed by atoms with Crippen molar-refractivity contribution in [3.05, 3.63) is 137 Å². The van der Waals surface area contributed by atoms with Gasteiger partial charge >= 0.3 is 0 Å². The van der Waals surface area contributed by atoms with Gasteiger partial charge in [-0.05, 0) is 40.3 Å². The molecular weight excluding hydrogens is 376 g/mol. The second kappa shape index (κ2) is 6.32. The average molecular weight is 401 g/mol. The summed E-state index contributed by atoms with van der Waals surface area (Å²) in [5.74, 6) is 0. The zero-order valence-corrected chi connectivity index (χ0v) is 17.4. The minimum Gasteiger partial charge on any atom is -0.342 e. The van der Waals surface area contributed by atoms with Gasteiger partial charge in [0.05, 0.1) is 11.6 Å². The van der Waals surface area contributed by atoms with E-state index in [0.29, 0.717) is 0 Å². The largest absolute Gasteiger partial charge is 0.342 e. The van der Waals surface area contributed by atoms with Gasteiger partial charge in [0, 0.05) is 12.2 Å². The van der Waals surface area contributed by atoms with Crippen LogP contribution >= 0.6 is 0 Å². The summed E-state index contributed by atoms with van der Waals surface area (Å²) in [7, 11) is 0. The van der Waals surface area contributed by atoms with E-state index < -0.39 is 0 Å². The third-order valence-electron chi connectivity index (χ3n) is 7.48. The van der Waals surface area contributed by atoms with Gasteiger partial charge < -0.3 is 4.90 Å². The Hall–Kier alpha value is -3.36. The van der Waals surface area contributed by atoms with Crippen LogP contribution in [0.1, 0.15) is 40.0 Å². The van der Waals surface area contributed by atoms with Crippen LogP contribution in [0.2, 0.25) is 0 Å². The Morgan fingerprint density at radius 3 is 2.10 bits per heavy atom. The van der Waals surface area contributed by atoms with Crippen molar-refractivity contribution in [1.82, 2.24) is 4.90 Å². The van der Waals surface area contributed by atoms with Crippen LogP contribution in [0.4, 0.5) is 5.69 Å². The van der Waals surface area contributed by atoms with Crippen LogP contribution in [0.3, 0.4) is 0 Å². The lowest BCUT2D eigenvalue weighted by Gasteiger charge is -2.37. The smallest absolute Gasteiger partial charge is 0.110 e. The Morgan fingerprint density at radius 1 is 0.645 bits per heavy atom. The molecule has 2 fully saturated rings. The standard InChI is InChI=1S/C29H24N2/c1-3-11-21(12-4-1)27-29(24-15-5-2-6-16-24)20-30(29)28-25-17-9-7-13-22(25)19-23-14-8-10-18-26(23)31(27)28/h1-18,27-28H,19-20H2/t27-,28+,29-,30?/m1/s1. The summed E-state index contributed by atoms with van der Waals surface area (Å²) in [5.41, 5.74) is 8.52. The lowest BCUT2D eigenvalue weighted by Crippen LogP contribution is -2.34. The predicted molar refractivity (Wildman–Crippen MR) is 125 cm³/mol. The van der Waals surface area contributed by atoms with Gasteiger partial charge in [-0.1, -0.05) is 103 Å². The Bertz CT molecular complexity index is 1270. The number of benzene rings is 4. The first-order chi connectivity index (χ1) is 15.4. The minimum absolute atomic E-state index is 0.00480. The number of hydrogen-bond acceptors (Lipinski definition) is 2. The van der Waals surface area contributed by atoms with Crippen molar-refractivity contribution in [2.45, 2.75) is 24.2 Å². The molecule has 3 heterocycles.